The lowest BCUT2D eigenvalue weighted by Gasteiger charge is -2.20. The van der Waals surface area contributed by atoms with Gasteiger partial charge < -0.3 is 4.74 Å². The highest BCUT2D eigenvalue weighted by molar-refractivity contribution is 7.89. The first-order chi connectivity index (χ1) is 10.7. The SMILES string of the molecule is Cc1nn(C)c(C)c1S(=O)(=O)N1CCC(N2C(=O)COC2=O)C1. The van der Waals surface area contributed by atoms with Crippen LogP contribution in [0.2, 0.25) is 0 Å². The zero-order valence-corrected chi connectivity index (χ0v) is 14.0. The fraction of sp³-hybridized carbons (Fsp3) is 0.615. The average molecular weight is 342 g/mol. The minimum Gasteiger partial charge on any atom is -0.439 e. The molecule has 0 radical (unpaired) electrons. The summed E-state index contributed by atoms with van der Waals surface area (Å²) in [4.78, 5) is 24.5. The second-order valence-electron chi connectivity index (χ2n) is 5.75. The smallest absolute Gasteiger partial charge is 0.417 e. The number of imide groups is 1. The number of hydrogen-bond acceptors (Lipinski definition) is 6. The van der Waals surface area contributed by atoms with E-state index < -0.39 is 28.1 Å². The number of carbonyl (C=O) groups is 2. The molecule has 0 bridgehead atoms. The highest BCUT2D eigenvalue weighted by atomic mass is 32.2. The Morgan fingerprint density at radius 1 is 1.26 bits per heavy atom. The van der Waals surface area contributed by atoms with Crippen molar-refractivity contribution >= 4 is 22.0 Å². The summed E-state index contributed by atoms with van der Waals surface area (Å²) in [5.41, 5.74) is 0.993. The van der Waals surface area contributed by atoms with Gasteiger partial charge in [0.05, 0.1) is 17.4 Å². The largest absolute Gasteiger partial charge is 0.439 e. The summed E-state index contributed by atoms with van der Waals surface area (Å²) < 4.78 is 33.2. The molecule has 2 fully saturated rings. The molecule has 0 aromatic carbocycles. The first-order valence-corrected chi connectivity index (χ1v) is 8.66. The molecule has 0 saturated carbocycles. The third-order valence-electron chi connectivity index (χ3n) is 4.32. The number of sulfonamides is 1. The summed E-state index contributed by atoms with van der Waals surface area (Å²) in [5, 5.41) is 4.14. The van der Waals surface area contributed by atoms with Gasteiger partial charge in [-0.25, -0.2) is 18.1 Å². The predicted octanol–water partition coefficient (Wildman–Crippen LogP) is -0.221. The molecule has 9 nitrogen and oxygen atoms in total. The van der Waals surface area contributed by atoms with E-state index in [4.69, 9.17) is 4.74 Å². The molecule has 0 spiro atoms. The topological polar surface area (TPSA) is 102 Å². The van der Waals surface area contributed by atoms with Crippen LogP contribution in [-0.4, -0.2) is 65.1 Å². The first-order valence-electron chi connectivity index (χ1n) is 7.22. The van der Waals surface area contributed by atoms with Crippen molar-refractivity contribution in [1.82, 2.24) is 19.0 Å². The Bertz CT molecular complexity index is 769. The third kappa shape index (κ3) is 2.41. The number of ether oxygens (including phenoxy) is 1. The second-order valence-corrected chi connectivity index (χ2v) is 7.62. The molecular weight excluding hydrogens is 324 g/mol. The van der Waals surface area contributed by atoms with Crippen LogP contribution in [0, 0.1) is 13.8 Å². The molecule has 3 heterocycles. The normalized spacial score (nSPS) is 22.9. The average Bonchev–Trinajstić information content (AvgIpc) is 3.11. The van der Waals surface area contributed by atoms with Crippen molar-refractivity contribution in [3.05, 3.63) is 11.4 Å². The van der Waals surface area contributed by atoms with E-state index in [-0.39, 0.29) is 24.6 Å². The summed E-state index contributed by atoms with van der Waals surface area (Å²) in [6.45, 7) is 3.40. The Hall–Kier alpha value is -1.94. The molecule has 1 aromatic heterocycles. The van der Waals surface area contributed by atoms with E-state index in [0.717, 1.165) is 4.90 Å². The lowest BCUT2D eigenvalue weighted by molar-refractivity contribution is -0.127. The van der Waals surface area contributed by atoms with E-state index in [0.29, 0.717) is 17.8 Å². The van der Waals surface area contributed by atoms with Crippen molar-refractivity contribution in [2.24, 2.45) is 7.05 Å². The van der Waals surface area contributed by atoms with E-state index in [1.54, 1.807) is 20.9 Å². The lowest BCUT2D eigenvalue weighted by Crippen LogP contribution is -2.42. The van der Waals surface area contributed by atoms with Gasteiger partial charge in [-0.05, 0) is 20.3 Å². The summed E-state index contributed by atoms with van der Waals surface area (Å²) >= 11 is 0. The molecular formula is C13H18N4O5S. The molecule has 2 amide bonds. The Morgan fingerprint density at radius 3 is 2.48 bits per heavy atom. The highest BCUT2D eigenvalue weighted by Gasteiger charge is 2.44. The minimum absolute atomic E-state index is 0.0803. The molecule has 2 saturated heterocycles. The molecule has 23 heavy (non-hydrogen) atoms. The Kier molecular flexibility index (Phi) is 3.68. The van der Waals surface area contributed by atoms with Crippen LogP contribution in [0.1, 0.15) is 17.8 Å². The van der Waals surface area contributed by atoms with Gasteiger partial charge in [0.1, 0.15) is 4.90 Å². The highest BCUT2D eigenvalue weighted by Crippen LogP contribution is 2.28. The number of nitrogens with zero attached hydrogens (tertiary/aromatic N) is 4. The predicted molar refractivity (Wildman–Crippen MR) is 78.0 cm³/mol. The Balaban J connectivity index is 1.86. The van der Waals surface area contributed by atoms with Gasteiger partial charge in [-0.2, -0.15) is 9.40 Å². The van der Waals surface area contributed by atoms with Crippen molar-refractivity contribution in [1.29, 1.82) is 0 Å². The zero-order chi connectivity index (χ0) is 16.9. The molecule has 0 N–H and O–H groups in total. The lowest BCUT2D eigenvalue weighted by atomic mass is 10.2. The monoisotopic (exact) mass is 342 g/mol. The zero-order valence-electron chi connectivity index (χ0n) is 13.1. The number of carbonyl (C=O) groups excluding carboxylic acids is 2. The molecule has 2 aliphatic heterocycles. The number of rotatable bonds is 3. The van der Waals surface area contributed by atoms with Crippen molar-refractivity contribution < 1.29 is 22.7 Å². The molecule has 10 heteroatoms. The molecule has 0 aliphatic carbocycles. The van der Waals surface area contributed by atoms with Crippen molar-refractivity contribution in [3.8, 4) is 0 Å². The Labute approximate surface area is 133 Å². The number of amides is 2. The Morgan fingerprint density at radius 2 is 1.96 bits per heavy atom. The quantitative estimate of drug-likeness (QED) is 0.752. The van der Waals surface area contributed by atoms with Crippen LogP contribution in [-0.2, 0) is 26.6 Å². The second kappa shape index (κ2) is 5.31. The summed E-state index contributed by atoms with van der Waals surface area (Å²) in [6.07, 6.45) is -0.300. The van der Waals surface area contributed by atoms with E-state index >= 15 is 0 Å². The van der Waals surface area contributed by atoms with Crippen molar-refractivity contribution in [2.45, 2.75) is 31.2 Å². The third-order valence-corrected chi connectivity index (χ3v) is 6.43. The van der Waals surface area contributed by atoms with Crippen LogP contribution in [0.3, 0.4) is 0 Å². The van der Waals surface area contributed by atoms with Gasteiger partial charge in [0.15, 0.2) is 6.61 Å². The van der Waals surface area contributed by atoms with Crippen LogP contribution in [0.5, 0.6) is 0 Å². The molecule has 1 atom stereocenters. The number of aryl methyl sites for hydroxylation is 2. The molecule has 126 valence electrons. The van der Waals surface area contributed by atoms with Gasteiger partial charge in [0.2, 0.25) is 10.0 Å². The van der Waals surface area contributed by atoms with Crippen LogP contribution in [0.4, 0.5) is 4.79 Å². The van der Waals surface area contributed by atoms with Crippen molar-refractivity contribution in [3.63, 3.8) is 0 Å². The fourth-order valence-corrected chi connectivity index (χ4v) is 5.01. The van der Waals surface area contributed by atoms with E-state index in [9.17, 15) is 18.0 Å². The maximum Gasteiger partial charge on any atom is 0.417 e. The van der Waals surface area contributed by atoms with Gasteiger partial charge in [-0.1, -0.05) is 0 Å². The summed E-state index contributed by atoms with van der Waals surface area (Å²) in [6, 6.07) is -0.482. The van der Waals surface area contributed by atoms with Gasteiger partial charge in [0.25, 0.3) is 5.91 Å². The maximum atomic E-state index is 12.9. The van der Waals surface area contributed by atoms with Gasteiger partial charge >= 0.3 is 6.09 Å². The van der Waals surface area contributed by atoms with Gasteiger partial charge in [-0.3, -0.25) is 9.48 Å². The fourth-order valence-electron chi connectivity index (χ4n) is 3.11. The van der Waals surface area contributed by atoms with Crippen LogP contribution in [0.25, 0.3) is 0 Å². The van der Waals surface area contributed by atoms with Gasteiger partial charge in [-0.15, -0.1) is 0 Å². The molecule has 2 aliphatic rings. The number of cyclic esters (lactones) is 1. The number of aromatic nitrogens is 2. The standard InChI is InChI=1S/C13H18N4O5S/c1-8-12(9(2)15(3)14-8)23(20,21)16-5-4-10(6-16)17-11(18)7-22-13(17)19/h10H,4-7H2,1-3H3. The van der Waals surface area contributed by atoms with Crippen molar-refractivity contribution in [2.75, 3.05) is 19.7 Å². The van der Waals surface area contributed by atoms with E-state index in [2.05, 4.69) is 5.10 Å². The van der Waals surface area contributed by atoms with E-state index in [1.165, 1.54) is 8.99 Å². The maximum absolute atomic E-state index is 12.9. The molecule has 3 rings (SSSR count). The van der Waals surface area contributed by atoms with Crippen LogP contribution >= 0.6 is 0 Å². The summed E-state index contributed by atoms with van der Waals surface area (Å²) in [7, 11) is -2.03. The van der Waals surface area contributed by atoms with E-state index in [1.807, 2.05) is 0 Å². The molecule has 1 aromatic rings. The van der Waals surface area contributed by atoms with Crippen LogP contribution in [0.15, 0.2) is 4.90 Å². The number of hydrogen-bond donors (Lipinski definition) is 0. The van der Waals surface area contributed by atoms with Crippen LogP contribution < -0.4 is 0 Å². The molecule has 1 unspecified atom stereocenters. The first kappa shape index (κ1) is 15.9. The van der Waals surface area contributed by atoms with Gasteiger partial charge in [0, 0.05) is 20.1 Å². The summed E-state index contributed by atoms with van der Waals surface area (Å²) in [5.74, 6) is -0.423. The minimum atomic E-state index is -3.72.